The second-order valence-electron chi connectivity index (χ2n) is 6.13. The van der Waals surface area contributed by atoms with Crippen LogP contribution in [0.2, 0.25) is 0 Å². The van der Waals surface area contributed by atoms with E-state index in [9.17, 15) is 13.2 Å². The lowest BCUT2D eigenvalue weighted by atomic mass is 10.00. The topological polar surface area (TPSA) is 114 Å². The molecule has 0 spiro atoms. The van der Waals surface area contributed by atoms with Crippen LogP contribution >= 0.6 is 0 Å². The van der Waals surface area contributed by atoms with E-state index in [0.717, 1.165) is 6.54 Å². The molecule has 0 fully saturated rings. The van der Waals surface area contributed by atoms with Crippen LogP contribution in [-0.4, -0.2) is 46.2 Å². The first kappa shape index (κ1) is 16.7. The average Bonchev–Trinajstić information content (AvgIpc) is 3.19. The quantitative estimate of drug-likeness (QED) is 0.626. The molecule has 2 aromatic carbocycles. The van der Waals surface area contributed by atoms with E-state index in [4.69, 9.17) is 5.73 Å². The van der Waals surface area contributed by atoms with E-state index in [1.54, 1.807) is 24.3 Å². The maximum atomic E-state index is 13.1. The third kappa shape index (κ3) is 2.58. The molecule has 4 rings (SSSR count). The van der Waals surface area contributed by atoms with Crippen molar-refractivity contribution in [2.24, 2.45) is 10.7 Å². The van der Waals surface area contributed by atoms with Crippen molar-refractivity contribution in [3.63, 3.8) is 0 Å². The van der Waals surface area contributed by atoms with Gasteiger partial charge in [0.15, 0.2) is 5.78 Å². The number of benzene rings is 2. The van der Waals surface area contributed by atoms with Crippen LogP contribution in [-0.2, 0) is 9.84 Å². The highest BCUT2D eigenvalue weighted by Crippen LogP contribution is 2.36. The molecule has 0 saturated heterocycles. The van der Waals surface area contributed by atoms with Crippen LogP contribution < -0.4 is 16.4 Å². The van der Waals surface area contributed by atoms with Crippen LogP contribution in [0.25, 0.3) is 0 Å². The van der Waals surface area contributed by atoms with E-state index < -0.39 is 9.84 Å². The fourth-order valence-corrected chi connectivity index (χ4v) is 4.86. The molecule has 0 aliphatic carbocycles. The van der Waals surface area contributed by atoms with Gasteiger partial charge in [-0.1, -0.05) is 6.07 Å². The summed E-state index contributed by atoms with van der Waals surface area (Å²) < 4.78 is 26.2. The summed E-state index contributed by atoms with van der Waals surface area (Å²) in [7, 11) is -3.78. The summed E-state index contributed by atoms with van der Waals surface area (Å²) in [5.74, 6) is 0.358. The lowest BCUT2D eigenvalue weighted by Gasteiger charge is -2.20. The second kappa shape index (κ2) is 6.22. The van der Waals surface area contributed by atoms with E-state index in [0.29, 0.717) is 36.7 Å². The monoisotopic (exact) mass is 370 g/mol. The Hall–Kier alpha value is -2.71. The van der Waals surface area contributed by atoms with Crippen molar-refractivity contribution in [1.29, 1.82) is 0 Å². The van der Waals surface area contributed by atoms with Crippen LogP contribution in [0, 0.1) is 0 Å². The molecule has 0 aromatic heterocycles. The molecule has 2 heterocycles. The molecular weight excluding hydrogens is 352 g/mol. The number of hydrogen-bond donors (Lipinski definition) is 3. The highest BCUT2D eigenvalue weighted by Gasteiger charge is 2.35. The second-order valence-corrected chi connectivity index (χ2v) is 8.01. The summed E-state index contributed by atoms with van der Waals surface area (Å²) in [4.78, 5) is 17.3. The number of aliphatic imine (C=N–C) groups is 1. The zero-order chi connectivity index (χ0) is 18.3. The zero-order valence-corrected chi connectivity index (χ0v) is 14.8. The van der Waals surface area contributed by atoms with Crippen molar-refractivity contribution < 1.29 is 13.2 Å². The summed E-state index contributed by atoms with van der Waals surface area (Å²) in [6.45, 7) is 2.35. The van der Waals surface area contributed by atoms with Crippen molar-refractivity contribution in [3.8, 4) is 0 Å². The maximum Gasteiger partial charge on any atom is 0.208 e. The summed E-state index contributed by atoms with van der Waals surface area (Å²) >= 11 is 0. The predicted molar refractivity (Wildman–Crippen MR) is 98.7 cm³/mol. The molecule has 0 radical (unpaired) electrons. The Labute approximate surface area is 151 Å². The Kier molecular flexibility index (Phi) is 4.01. The summed E-state index contributed by atoms with van der Waals surface area (Å²) in [6, 6.07) is 9.52. The Morgan fingerprint density at radius 3 is 2.69 bits per heavy atom. The highest BCUT2D eigenvalue weighted by molar-refractivity contribution is 7.91. The number of ketones is 1. The van der Waals surface area contributed by atoms with Crippen LogP contribution in [0.3, 0.4) is 0 Å². The summed E-state index contributed by atoms with van der Waals surface area (Å²) in [6.07, 6.45) is 0. The van der Waals surface area contributed by atoms with Crippen LogP contribution in [0.4, 0.5) is 5.69 Å². The van der Waals surface area contributed by atoms with Gasteiger partial charge in [0, 0.05) is 42.0 Å². The summed E-state index contributed by atoms with van der Waals surface area (Å²) in [5, 5.41) is 6.18. The minimum atomic E-state index is -3.78. The molecule has 26 heavy (non-hydrogen) atoms. The highest BCUT2D eigenvalue weighted by atomic mass is 32.2. The number of hydrogen-bond acceptors (Lipinski definition) is 7. The van der Waals surface area contributed by atoms with Crippen LogP contribution in [0.1, 0.15) is 21.5 Å². The standard InChI is InChI=1S/C18H18N4O3S/c19-5-6-20-12-2-4-15-14(10-12)17(23)13-3-1-11(18-21-7-8-22-18)9-16(13)26(15,24)25/h1-4,9-10,20H,5-8,19H2,(H,21,22). The molecule has 7 nitrogen and oxygen atoms in total. The molecule has 0 bridgehead atoms. The van der Waals surface area contributed by atoms with Gasteiger partial charge in [-0.3, -0.25) is 9.79 Å². The molecule has 4 N–H and O–H groups in total. The van der Waals surface area contributed by atoms with Gasteiger partial charge in [0.1, 0.15) is 5.84 Å². The van der Waals surface area contributed by atoms with Crippen molar-refractivity contribution >= 4 is 27.1 Å². The van der Waals surface area contributed by atoms with Crippen molar-refractivity contribution in [1.82, 2.24) is 5.32 Å². The minimum Gasteiger partial charge on any atom is -0.384 e. The maximum absolute atomic E-state index is 13.1. The number of fused-ring (bicyclic) bond motifs is 2. The van der Waals surface area contributed by atoms with Crippen molar-refractivity contribution in [3.05, 3.63) is 53.1 Å². The SMILES string of the molecule is NCCNc1ccc2c(c1)C(=O)c1ccc(C3=NCCN3)cc1S2(=O)=O. The van der Waals surface area contributed by atoms with Gasteiger partial charge >= 0.3 is 0 Å². The zero-order valence-electron chi connectivity index (χ0n) is 14.0. The van der Waals surface area contributed by atoms with Gasteiger partial charge in [0.2, 0.25) is 9.84 Å². The third-order valence-corrected chi connectivity index (χ3v) is 6.30. The molecule has 2 aliphatic rings. The minimum absolute atomic E-state index is 0.0339. The number of rotatable bonds is 4. The summed E-state index contributed by atoms with van der Waals surface area (Å²) in [5.41, 5.74) is 7.19. The van der Waals surface area contributed by atoms with Gasteiger partial charge in [-0.2, -0.15) is 0 Å². The van der Waals surface area contributed by atoms with Gasteiger partial charge in [0.05, 0.1) is 16.3 Å². The average molecular weight is 370 g/mol. The fraction of sp³-hybridized carbons (Fsp3) is 0.222. The Bertz CT molecular complexity index is 1040. The van der Waals surface area contributed by atoms with Gasteiger partial charge < -0.3 is 16.4 Å². The molecule has 0 amide bonds. The smallest absolute Gasteiger partial charge is 0.208 e. The van der Waals surface area contributed by atoms with E-state index in [1.165, 1.54) is 12.1 Å². The molecular formula is C18H18N4O3S. The first-order chi connectivity index (χ1) is 12.5. The van der Waals surface area contributed by atoms with Gasteiger partial charge in [-0.15, -0.1) is 0 Å². The molecule has 0 saturated carbocycles. The molecule has 134 valence electrons. The third-order valence-electron chi connectivity index (χ3n) is 4.45. The van der Waals surface area contributed by atoms with Crippen molar-refractivity contribution in [2.45, 2.75) is 9.79 Å². The fourth-order valence-electron chi connectivity index (χ4n) is 3.20. The number of anilines is 1. The lowest BCUT2D eigenvalue weighted by molar-refractivity contribution is 0.103. The van der Waals surface area contributed by atoms with Gasteiger partial charge in [-0.25, -0.2) is 8.42 Å². The van der Waals surface area contributed by atoms with Gasteiger partial charge in [0.25, 0.3) is 0 Å². The number of amidine groups is 1. The van der Waals surface area contributed by atoms with E-state index in [-0.39, 0.29) is 26.7 Å². The molecule has 0 unspecified atom stereocenters. The molecule has 2 aliphatic heterocycles. The van der Waals surface area contributed by atoms with Crippen LogP contribution in [0.5, 0.6) is 0 Å². The number of nitrogens with one attached hydrogen (secondary N) is 2. The van der Waals surface area contributed by atoms with E-state index in [2.05, 4.69) is 15.6 Å². The Morgan fingerprint density at radius 2 is 1.96 bits per heavy atom. The Balaban J connectivity index is 1.83. The number of carbonyl (C=O) groups is 1. The van der Waals surface area contributed by atoms with E-state index >= 15 is 0 Å². The van der Waals surface area contributed by atoms with Crippen LogP contribution in [0.15, 0.2) is 51.2 Å². The number of nitrogens with two attached hydrogens (primary N) is 1. The first-order valence-electron chi connectivity index (χ1n) is 8.33. The lowest BCUT2D eigenvalue weighted by Crippen LogP contribution is -2.23. The number of sulfone groups is 1. The number of carbonyl (C=O) groups excluding carboxylic acids is 1. The first-order valence-corrected chi connectivity index (χ1v) is 9.81. The molecule has 2 aromatic rings. The number of nitrogens with zero attached hydrogens (tertiary/aromatic N) is 1. The van der Waals surface area contributed by atoms with E-state index in [1.807, 2.05) is 0 Å². The van der Waals surface area contributed by atoms with Gasteiger partial charge in [-0.05, 0) is 30.3 Å². The normalized spacial score (nSPS) is 17.1. The molecule has 8 heteroatoms. The predicted octanol–water partition coefficient (Wildman–Crippen LogP) is 0.784. The largest absolute Gasteiger partial charge is 0.384 e. The molecule has 0 atom stereocenters. The Morgan fingerprint density at radius 1 is 1.12 bits per heavy atom. The van der Waals surface area contributed by atoms with Crippen molar-refractivity contribution in [2.75, 3.05) is 31.5 Å².